The van der Waals surface area contributed by atoms with Gasteiger partial charge in [0, 0.05) is 0 Å². The van der Waals surface area contributed by atoms with E-state index in [9.17, 15) is 14.4 Å². The first-order chi connectivity index (χ1) is 12.5. The Morgan fingerprint density at radius 3 is 2.42 bits per heavy atom. The molecule has 144 valence electrons. The van der Waals surface area contributed by atoms with Crippen molar-refractivity contribution in [3.05, 3.63) is 35.9 Å². The van der Waals surface area contributed by atoms with Gasteiger partial charge in [-0.2, -0.15) is 0 Å². The lowest BCUT2D eigenvalue weighted by Gasteiger charge is -2.22. The van der Waals surface area contributed by atoms with Crippen molar-refractivity contribution >= 4 is 18.3 Å². The second-order valence-electron chi connectivity index (χ2n) is 6.78. The average molecular weight is 362 g/mol. The van der Waals surface area contributed by atoms with Gasteiger partial charge in [-0.25, -0.2) is 4.79 Å². The summed E-state index contributed by atoms with van der Waals surface area (Å²) in [5, 5.41) is 5.32. The molecule has 26 heavy (non-hydrogen) atoms. The number of amides is 2. The van der Waals surface area contributed by atoms with Crippen LogP contribution in [0, 0.1) is 5.92 Å². The first-order valence-electron chi connectivity index (χ1n) is 9.19. The molecule has 2 N–H and O–H groups in total. The second kappa shape index (κ2) is 12.1. The highest BCUT2D eigenvalue weighted by molar-refractivity contribution is 5.87. The quantitative estimate of drug-likeness (QED) is 0.592. The van der Waals surface area contributed by atoms with E-state index in [2.05, 4.69) is 10.6 Å². The number of rotatable bonds is 11. The van der Waals surface area contributed by atoms with E-state index in [-0.39, 0.29) is 18.4 Å². The number of ether oxygens (including phenoxy) is 1. The van der Waals surface area contributed by atoms with E-state index in [4.69, 9.17) is 4.74 Å². The molecule has 0 aliphatic carbocycles. The van der Waals surface area contributed by atoms with Crippen molar-refractivity contribution in [2.45, 2.75) is 65.1 Å². The Morgan fingerprint density at radius 2 is 1.85 bits per heavy atom. The van der Waals surface area contributed by atoms with Crippen LogP contribution < -0.4 is 10.6 Å². The summed E-state index contributed by atoms with van der Waals surface area (Å²) in [4.78, 5) is 35.7. The molecule has 0 fully saturated rings. The number of carbonyl (C=O) groups is 3. The number of aldehydes is 1. The summed E-state index contributed by atoms with van der Waals surface area (Å²) in [5.41, 5.74) is 0.869. The molecule has 0 aromatic heterocycles. The van der Waals surface area contributed by atoms with E-state index >= 15 is 0 Å². The van der Waals surface area contributed by atoms with Crippen LogP contribution in [0.3, 0.4) is 0 Å². The van der Waals surface area contributed by atoms with Crippen molar-refractivity contribution in [2.24, 2.45) is 5.92 Å². The van der Waals surface area contributed by atoms with Gasteiger partial charge in [-0.15, -0.1) is 0 Å². The smallest absolute Gasteiger partial charge is 0.408 e. The monoisotopic (exact) mass is 362 g/mol. The summed E-state index contributed by atoms with van der Waals surface area (Å²) in [6.07, 6.45) is 2.95. The Morgan fingerprint density at radius 1 is 1.15 bits per heavy atom. The minimum absolute atomic E-state index is 0.135. The largest absolute Gasteiger partial charge is 0.445 e. The van der Waals surface area contributed by atoms with Crippen LogP contribution in [0.2, 0.25) is 0 Å². The summed E-state index contributed by atoms with van der Waals surface area (Å²) in [5.74, 6) is -0.158. The van der Waals surface area contributed by atoms with Crippen molar-refractivity contribution in [1.29, 1.82) is 0 Å². The van der Waals surface area contributed by atoms with E-state index in [0.717, 1.165) is 24.7 Å². The van der Waals surface area contributed by atoms with Gasteiger partial charge in [0.05, 0.1) is 6.04 Å². The highest BCUT2D eigenvalue weighted by Gasteiger charge is 2.24. The van der Waals surface area contributed by atoms with Gasteiger partial charge in [-0.3, -0.25) is 4.79 Å². The third-order valence-electron chi connectivity index (χ3n) is 3.89. The fourth-order valence-corrected chi connectivity index (χ4v) is 2.49. The van der Waals surface area contributed by atoms with Crippen molar-refractivity contribution in [3.8, 4) is 0 Å². The first kappa shape index (κ1) is 21.7. The lowest BCUT2D eigenvalue weighted by atomic mass is 10.0. The Labute approximate surface area is 155 Å². The van der Waals surface area contributed by atoms with E-state index in [0.29, 0.717) is 12.8 Å². The van der Waals surface area contributed by atoms with E-state index in [1.54, 1.807) is 0 Å². The molecule has 2 atom stereocenters. The normalized spacial score (nSPS) is 12.9. The molecular weight excluding hydrogens is 332 g/mol. The van der Waals surface area contributed by atoms with Crippen LogP contribution in [0.25, 0.3) is 0 Å². The van der Waals surface area contributed by atoms with Crippen molar-refractivity contribution in [1.82, 2.24) is 10.6 Å². The number of nitrogens with one attached hydrogen (secondary N) is 2. The number of unbranched alkanes of at least 4 members (excludes halogenated alkanes) is 1. The van der Waals surface area contributed by atoms with Crippen LogP contribution >= 0.6 is 0 Å². The Bertz CT molecular complexity index is 560. The molecule has 0 unspecified atom stereocenters. The molecule has 0 radical (unpaired) electrons. The van der Waals surface area contributed by atoms with Gasteiger partial charge in [0.1, 0.15) is 18.9 Å². The third-order valence-corrected chi connectivity index (χ3v) is 3.89. The molecule has 0 spiro atoms. The second-order valence-corrected chi connectivity index (χ2v) is 6.78. The molecule has 0 aliphatic rings. The van der Waals surface area contributed by atoms with Gasteiger partial charge in [0.15, 0.2) is 0 Å². The summed E-state index contributed by atoms with van der Waals surface area (Å²) < 4.78 is 5.19. The minimum Gasteiger partial charge on any atom is -0.445 e. The molecule has 6 nitrogen and oxygen atoms in total. The summed E-state index contributed by atoms with van der Waals surface area (Å²) in [6.45, 7) is 6.09. The number of hydrogen-bond acceptors (Lipinski definition) is 4. The highest BCUT2D eigenvalue weighted by atomic mass is 16.5. The Balaban J connectivity index is 2.59. The molecule has 1 aromatic carbocycles. The van der Waals surface area contributed by atoms with Gasteiger partial charge in [0.2, 0.25) is 5.91 Å². The molecule has 6 heteroatoms. The summed E-state index contributed by atoms with van der Waals surface area (Å²) in [7, 11) is 0. The fraction of sp³-hybridized carbons (Fsp3) is 0.550. The molecule has 0 saturated heterocycles. The maximum atomic E-state index is 12.5. The lowest BCUT2D eigenvalue weighted by Crippen LogP contribution is -2.50. The van der Waals surface area contributed by atoms with Gasteiger partial charge >= 0.3 is 6.09 Å². The van der Waals surface area contributed by atoms with Crippen LogP contribution in [0.5, 0.6) is 0 Å². The van der Waals surface area contributed by atoms with Crippen LogP contribution in [0.15, 0.2) is 30.3 Å². The molecule has 0 heterocycles. The topological polar surface area (TPSA) is 84.5 Å². The molecule has 1 aromatic rings. The van der Waals surface area contributed by atoms with Crippen molar-refractivity contribution in [3.63, 3.8) is 0 Å². The zero-order valence-electron chi connectivity index (χ0n) is 15.9. The standard InChI is InChI=1S/C20H30N2O4/c1-4-5-11-17(13-23)21-19(24)18(12-15(2)3)22-20(25)26-14-16-9-7-6-8-10-16/h6-10,13,15,17-18H,4-5,11-12,14H2,1-3H3,(H,21,24)(H,22,25)/t17-,18-/m1/s1. The first-order valence-corrected chi connectivity index (χ1v) is 9.19. The molecular formula is C20H30N2O4. The molecule has 1 rings (SSSR count). The number of alkyl carbamates (subject to hydrolysis) is 1. The third kappa shape index (κ3) is 8.65. The number of hydrogen-bond donors (Lipinski definition) is 2. The van der Waals surface area contributed by atoms with Crippen LogP contribution in [0.4, 0.5) is 4.79 Å². The zero-order valence-corrected chi connectivity index (χ0v) is 15.9. The number of carbonyl (C=O) groups excluding carboxylic acids is 3. The fourth-order valence-electron chi connectivity index (χ4n) is 2.49. The Kier molecular flexibility index (Phi) is 10.1. The van der Waals surface area contributed by atoms with E-state index in [1.807, 2.05) is 51.1 Å². The molecule has 0 bridgehead atoms. The molecule has 2 amide bonds. The molecule has 0 aliphatic heterocycles. The van der Waals surface area contributed by atoms with Crippen molar-refractivity contribution in [2.75, 3.05) is 0 Å². The van der Waals surface area contributed by atoms with Crippen LogP contribution in [-0.2, 0) is 20.9 Å². The molecule has 0 saturated carbocycles. The van der Waals surface area contributed by atoms with Crippen molar-refractivity contribution < 1.29 is 19.1 Å². The maximum absolute atomic E-state index is 12.5. The number of benzene rings is 1. The minimum atomic E-state index is -0.734. The van der Waals surface area contributed by atoms with Gasteiger partial charge in [0.25, 0.3) is 0 Å². The zero-order chi connectivity index (χ0) is 19.4. The van der Waals surface area contributed by atoms with E-state index < -0.39 is 18.2 Å². The SMILES string of the molecule is CCCC[C@H](C=O)NC(=O)[C@@H](CC(C)C)NC(=O)OCc1ccccc1. The maximum Gasteiger partial charge on any atom is 0.408 e. The van der Waals surface area contributed by atoms with Crippen LogP contribution in [-0.4, -0.2) is 30.4 Å². The average Bonchev–Trinajstić information content (AvgIpc) is 2.63. The van der Waals surface area contributed by atoms with Crippen LogP contribution in [0.1, 0.15) is 52.0 Å². The Hall–Kier alpha value is -2.37. The summed E-state index contributed by atoms with van der Waals surface area (Å²) in [6, 6.07) is 8.06. The lowest BCUT2D eigenvalue weighted by molar-refractivity contribution is -0.126. The summed E-state index contributed by atoms with van der Waals surface area (Å²) >= 11 is 0. The van der Waals surface area contributed by atoms with Gasteiger partial charge < -0.3 is 20.2 Å². The predicted octanol–water partition coefficient (Wildman–Crippen LogP) is 3.20. The van der Waals surface area contributed by atoms with Gasteiger partial charge in [-0.05, 0) is 24.3 Å². The highest BCUT2D eigenvalue weighted by Crippen LogP contribution is 2.08. The van der Waals surface area contributed by atoms with Gasteiger partial charge in [-0.1, -0.05) is 63.9 Å². The predicted molar refractivity (Wildman–Crippen MR) is 101 cm³/mol. The van der Waals surface area contributed by atoms with E-state index in [1.165, 1.54) is 0 Å².